The molecule has 27 heavy (non-hydrogen) atoms. The van der Waals surface area contributed by atoms with Gasteiger partial charge in [0.15, 0.2) is 5.78 Å². The van der Waals surface area contributed by atoms with Crippen LogP contribution in [-0.4, -0.2) is 11.5 Å². The van der Waals surface area contributed by atoms with Gasteiger partial charge >= 0.3 is 0 Å². The first-order valence-corrected chi connectivity index (χ1v) is 12.6. The van der Waals surface area contributed by atoms with E-state index in [4.69, 9.17) is 0 Å². The maximum absolute atomic E-state index is 12.4. The summed E-state index contributed by atoms with van der Waals surface area (Å²) in [7, 11) is 0. The summed E-state index contributed by atoms with van der Waals surface area (Å²) in [4.78, 5) is 13.7. The Balaban J connectivity index is 1.79. The molecule has 0 saturated heterocycles. The van der Waals surface area contributed by atoms with Crippen molar-refractivity contribution in [3.8, 4) is 0 Å². The lowest BCUT2D eigenvalue weighted by Crippen LogP contribution is -1.95. The second-order valence-corrected chi connectivity index (χ2v) is 10.2. The summed E-state index contributed by atoms with van der Waals surface area (Å²) in [5, 5.41) is 0. The highest BCUT2D eigenvalue weighted by Crippen LogP contribution is 2.21. The van der Waals surface area contributed by atoms with Gasteiger partial charge in [0.05, 0.1) is 0 Å². The lowest BCUT2D eigenvalue weighted by Gasteiger charge is -2.03. The first kappa shape index (κ1) is 22.9. The lowest BCUT2D eigenvalue weighted by molar-refractivity contribution is 0.104. The van der Waals surface area contributed by atoms with E-state index in [0.717, 1.165) is 18.3 Å². The minimum Gasteiger partial charge on any atom is -0.289 e. The number of benzene rings is 2. The fourth-order valence-electron chi connectivity index (χ4n) is 2.71. The summed E-state index contributed by atoms with van der Waals surface area (Å²) in [6, 6.07) is 14.4. The normalized spacial score (nSPS) is 11.2. The Morgan fingerprint density at radius 1 is 0.926 bits per heavy atom. The van der Waals surface area contributed by atoms with Crippen LogP contribution >= 0.6 is 56.9 Å². The van der Waals surface area contributed by atoms with E-state index in [-0.39, 0.29) is 5.78 Å². The maximum atomic E-state index is 12.4. The topological polar surface area (TPSA) is 17.1 Å². The van der Waals surface area contributed by atoms with E-state index in [1.165, 1.54) is 49.2 Å². The minimum atomic E-state index is 0.0490. The average molecular weight is 604 g/mol. The molecule has 0 atom stereocenters. The zero-order chi connectivity index (χ0) is 19.5. The standard InChI is InChI=1S/C23H26I2OS/c1-2-3-4-5-6-7-14-27-22-11-8-18(9-12-22)10-13-23(26)19-15-20(24)17-21(25)16-19/h8-13,15-17H,2-7,14H2,1H3/b13-10+. The van der Waals surface area contributed by atoms with Crippen molar-refractivity contribution in [3.63, 3.8) is 0 Å². The summed E-state index contributed by atoms with van der Waals surface area (Å²) in [6.07, 6.45) is 11.6. The number of allylic oxidation sites excluding steroid dienone is 1. The van der Waals surface area contributed by atoms with Gasteiger partial charge in [0.25, 0.3) is 0 Å². The molecule has 4 heteroatoms. The molecule has 0 radical (unpaired) electrons. The van der Waals surface area contributed by atoms with E-state index in [0.29, 0.717) is 0 Å². The van der Waals surface area contributed by atoms with Crippen molar-refractivity contribution in [1.29, 1.82) is 0 Å². The van der Waals surface area contributed by atoms with Gasteiger partial charge < -0.3 is 0 Å². The number of hydrogen-bond acceptors (Lipinski definition) is 2. The van der Waals surface area contributed by atoms with Crippen molar-refractivity contribution in [3.05, 3.63) is 66.8 Å². The summed E-state index contributed by atoms with van der Waals surface area (Å²) in [5.41, 5.74) is 1.81. The second kappa shape index (κ2) is 13.0. The molecule has 0 saturated carbocycles. The summed E-state index contributed by atoms with van der Waals surface area (Å²) in [6.45, 7) is 2.26. The molecule has 0 fully saturated rings. The van der Waals surface area contributed by atoms with Crippen LogP contribution in [0.25, 0.3) is 6.08 Å². The monoisotopic (exact) mass is 604 g/mol. The maximum Gasteiger partial charge on any atom is 0.185 e. The predicted octanol–water partition coefficient (Wildman–Crippen LogP) is 8.24. The van der Waals surface area contributed by atoms with Gasteiger partial charge in [0.1, 0.15) is 0 Å². The first-order valence-electron chi connectivity index (χ1n) is 9.50. The van der Waals surface area contributed by atoms with Gasteiger partial charge in [0.2, 0.25) is 0 Å². The first-order chi connectivity index (χ1) is 13.1. The van der Waals surface area contributed by atoms with Gasteiger partial charge in [-0.15, -0.1) is 11.8 Å². The Bertz CT molecular complexity index is 733. The van der Waals surface area contributed by atoms with Gasteiger partial charge in [-0.2, -0.15) is 0 Å². The molecule has 0 aliphatic rings. The van der Waals surface area contributed by atoms with Crippen molar-refractivity contribution in [2.45, 2.75) is 50.3 Å². The van der Waals surface area contributed by atoms with Crippen molar-refractivity contribution in [2.24, 2.45) is 0 Å². The quantitative estimate of drug-likeness (QED) is 0.0846. The molecule has 0 aliphatic heterocycles. The van der Waals surface area contributed by atoms with Crippen molar-refractivity contribution >= 4 is 68.8 Å². The van der Waals surface area contributed by atoms with Crippen LogP contribution < -0.4 is 0 Å². The zero-order valence-corrected chi connectivity index (χ0v) is 20.8. The number of thioether (sulfide) groups is 1. The Labute approximate surface area is 195 Å². The van der Waals surface area contributed by atoms with E-state index in [1.807, 2.05) is 30.0 Å². The molecule has 1 nitrogen and oxygen atoms in total. The Hall–Kier alpha value is -0.340. The second-order valence-electron chi connectivity index (χ2n) is 6.54. The SMILES string of the molecule is CCCCCCCCSc1ccc(/C=C/C(=O)c2cc(I)cc(I)c2)cc1. The number of unbranched alkanes of at least 4 members (excludes halogenated alkanes) is 5. The van der Waals surface area contributed by atoms with E-state index in [2.05, 4.69) is 82.4 Å². The summed E-state index contributed by atoms with van der Waals surface area (Å²) < 4.78 is 2.17. The molecule has 0 unspecified atom stereocenters. The fourth-order valence-corrected chi connectivity index (χ4v) is 5.56. The number of carbonyl (C=O) groups excluding carboxylic acids is 1. The van der Waals surface area contributed by atoms with E-state index >= 15 is 0 Å². The van der Waals surface area contributed by atoms with Crippen molar-refractivity contribution < 1.29 is 4.79 Å². The Morgan fingerprint density at radius 2 is 1.56 bits per heavy atom. The predicted molar refractivity (Wildman–Crippen MR) is 136 cm³/mol. The zero-order valence-electron chi connectivity index (χ0n) is 15.7. The molecule has 0 aromatic heterocycles. The molecule has 0 amide bonds. The van der Waals surface area contributed by atoms with Crippen molar-refractivity contribution in [1.82, 2.24) is 0 Å². The number of hydrogen-bond donors (Lipinski definition) is 0. The van der Waals surface area contributed by atoms with Crippen LogP contribution in [0, 0.1) is 7.14 Å². The van der Waals surface area contributed by atoms with Crippen LogP contribution in [0.3, 0.4) is 0 Å². The molecule has 0 aliphatic carbocycles. The fraction of sp³-hybridized carbons (Fsp3) is 0.348. The molecule has 0 spiro atoms. The van der Waals surface area contributed by atoms with Crippen molar-refractivity contribution in [2.75, 3.05) is 5.75 Å². The van der Waals surface area contributed by atoms with Crippen LogP contribution in [-0.2, 0) is 0 Å². The van der Waals surface area contributed by atoms with E-state index in [1.54, 1.807) is 6.08 Å². The van der Waals surface area contributed by atoms with Gasteiger partial charge in [-0.05, 0) is 99.3 Å². The van der Waals surface area contributed by atoms with Gasteiger partial charge in [-0.1, -0.05) is 57.2 Å². The van der Waals surface area contributed by atoms with E-state index < -0.39 is 0 Å². The third-order valence-corrected chi connectivity index (χ3v) is 6.56. The minimum absolute atomic E-state index is 0.0490. The number of ketones is 1. The van der Waals surface area contributed by atoms with Gasteiger partial charge in [0, 0.05) is 17.6 Å². The molecule has 2 rings (SSSR count). The summed E-state index contributed by atoms with van der Waals surface area (Å²) in [5.74, 6) is 1.23. The highest BCUT2D eigenvalue weighted by Gasteiger charge is 2.04. The highest BCUT2D eigenvalue weighted by atomic mass is 127. The Morgan fingerprint density at radius 3 is 2.22 bits per heavy atom. The number of carbonyl (C=O) groups is 1. The molecular weight excluding hydrogens is 578 g/mol. The smallest absolute Gasteiger partial charge is 0.185 e. The average Bonchev–Trinajstić information content (AvgIpc) is 2.65. The molecule has 0 bridgehead atoms. The van der Waals surface area contributed by atoms with Crippen LogP contribution in [0.2, 0.25) is 0 Å². The van der Waals surface area contributed by atoms with Crippen LogP contribution in [0.5, 0.6) is 0 Å². The molecule has 0 N–H and O–H groups in total. The number of halogens is 2. The van der Waals surface area contributed by atoms with Crippen LogP contribution in [0.1, 0.15) is 61.4 Å². The third kappa shape index (κ3) is 9.13. The molecular formula is C23H26I2OS. The van der Waals surface area contributed by atoms with E-state index in [9.17, 15) is 4.79 Å². The van der Waals surface area contributed by atoms with Gasteiger partial charge in [-0.3, -0.25) is 4.79 Å². The number of rotatable bonds is 11. The summed E-state index contributed by atoms with van der Waals surface area (Å²) >= 11 is 6.42. The Kier molecular flexibility index (Phi) is 11.0. The largest absolute Gasteiger partial charge is 0.289 e. The molecule has 2 aromatic carbocycles. The highest BCUT2D eigenvalue weighted by molar-refractivity contribution is 14.1. The third-order valence-electron chi connectivity index (χ3n) is 4.22. The van der Waals surface area contributed by atoms with Crippen LogP contribution in [0.4, 0.5) is 0 Å². The van der Waals surface area contributed by atoms with Gasteiger partial charge in [-0.25, -0.2) is 0 Å². The molecule has 144 valence electrons. The molecule has 2 aromatic rings. The van der Waals surface area contributed by atoms with Crippen LogP contribution in [0.15, 0.2) is 53.4 Å². The lowest BCUT2D eigenvalue weighted by atomic mass is 10.1. The molecule has 0 heterocycles.